The Morgan fingerprint density at radius 3 is 2.69 bits per heavy atom. The second-order valence-electron chi connectivity index (χ2n) is 6.79. The standard InChI is InChI=1S/C19H22N4O3/c1-12(2)20-17(24)11-22-18(25)9-8-15(21-22)19(26)23-13(3)10-14-6-4-5-7-16(14)23/h4-9,12-13H,10-11H2,1-3H3,(H,20,24)/t13-/m1/s1. The van der Waals surface area contributed by atoms with Gasteiger partial charge >= 0.3 is 0 Å². The van der Waals surface area contributed by atoms with Gasteiger partial charge in [0.1, 0.15) is 12.2 Å². The van der Waals surface area contributed by atoms with E-state index >= 15 is 0 Å². The zero-order chi connectivity index (χ0) is 18.8. The molecule has 1 atom stereocenters. The van der Waals surface area contributed by atoms with Crippen molar-refractivity contribution >= 4 is 17.5 Å². The first-order valence-electron chi connectivity index (χ1n) is 8.66. The normalized spacial score (nSPS) is 15.8. The average molecular weight is 354 g/mol. The van der Waals surface area contributed by atoms with Gasteiger partial charge in [-0.25, -0.2) is 4.68 Å². The van der Waals surface area contributed by atoms with Crippen molar-refractivity contribution in [2.45, 2.75) is 45.8 Å². The minimum atomic E-state index is -0.421. The third-order valence-corrected chi connectivity index (χ3v) is 4.25. The first-order chi connectivity index (χ1) is 12.4. The Hall–Kier alpha value is -2.96. The molecule has 0 spiro atoms. The second kappa shape index (κ2) is 7.11. The molecule has 1 aromatic carbocycles. The van der Waals surface area contributed by atoms with Gasteiger partial charge in [-0.3, -0.25) is 14.4 Å². The molecule has 7 heteroatoms. The maximum absolute atomic E-state index is 13.0. The first-order valence-corrected chi connectivity index (χ1v) is 8.66. The van der Waals surface area contributed by atoms with Crippen LogP contribution in [0.3, 0.4) is 0 Å². The topological polar surface area (TPSA) is 84.3 Å². The number of amides is 2. The van der Waals surface area contributed by atoms with Gasteiger partial charge in [-0.05, 0) is 44.9 Å². The number of nitrogens with one attached hydrogen (secondary N) is 1. The smallest absolute Gasteiger partial charge is 0.278 e. The Morgan fingerprint density at radius 2 is 1.96 bits per heavy atom. The van der Waals surface area contributed by atoms with Gasteiger partial charge in [0.15, 0.2) is 0 Å². The van der Waals surface area contributed by atoms with Crippen molar-refractivity contribution in [3.05, 3.63) is 58.0 Å². The van der Waals surface area contributed by atoms with Crippen molar-refractivity contribution in [3.63, 3.8) is 0 Å². The summed E-state index contributed by atoms with van der Waals surface area (Å²) in [5, 5.41) is 6.83. The molecule has 1 aliphatic rings. The van der Waals surface area contributed by atoms with Crippen LogP contribution in [0.25, 0.3) is 0 Å². The zero-order valence-corrected chi connectivity index (χ0v) is 15.1. The van der Waals surface area contributed by atoms with Crippen LogP contribution < -0.4 is 15.8 Å². The van der Waals surface area contributed by atoms with E-state index in [2.05, 4.69) is 10.4 Å². The fraction of sp³-hybridized carbons (Fsp3) is 0.368. The number of hydrogen-bond acceptors (Lipinski definition) is 4. The molecule has 2 heterocycles. The number of rotatable bonds is 4. The molecule has 2 aromatic rings. The lowest BCUT2D eigenvalue weighted by atomic mass is 10.1. The molecule has 1 N–H and O–H groups in total. The number of hydrogen-bond donors (Lipinski definition) is 1. The van der Waals surface area contributed by atoms with Gasteiger partial charge in [-0.2, -0.15) is 5.10 Å². The molecule has 2 amide bonds. The van der Waals surface area contributed by atoms with Gasteiger partial charge in [-0.15, -0.1) is 0 Å². The highest BCUT2D eigenvalue weighted by Gasteiger charge is 2.32. The number of fused-ring (bicyclic) bond motifs is 1. The lowest BCUT2D eigenvalue weighted by Gasteiger charge is -2.22. The molecule has 0 radical (unpaired) electrons. The maximum atomic E-state index is 13.0. The molecule has 136 valence electrons. The van der Waals surface area contributed by atoms with E-state index in [1.165, 1.54) is 12.1 Å². The van der Waals surface area contributed by atoms with Crippen molar-refractivity contribution in [2.75, 3.05) is 4.90 Å². The lowest BCUT2D eigenvalue weighted by Crippen LogP contribution is -2.39. The molecule has 1 aliphatic heterocycles. The molecule has 0 saturated carbocycles. The van der Waals surface area contributed by atoms with Gasteiger partial charge < -0.3 is 10.2 Å². The first kappa shape index (κ1) is 17.8. The number of anilines is 1. The number of nitrogens with zero attached hydrogens (tertiary/aromatic N) is 3. The van der Waals surface area contributed by atoms with Gasteiger partial charge in [0.05, 0.1) is 0 Å². The van der Waals surface area contributed by atoms with Crippen LogP contribution >= 0.6 is 0 Å². The SMILES string of the molecule is CC(C)NC(=O)Cn1nc(C(=O)N2c3ccccc3C[C@H]2C)ccc1=O. The van der Waals surface area contributed by atoms with E-state index in [-0.39, 0.29) is 36.1 Å². The summed E-state index contributed by atoms with van der Waals surface area (Å²) >= 11 is 0. The van der Waals surface area contributed by atoms with Gasteiger partial charge in [-0.1, -0.05) is 18.2 Å². The van der Waals surface area contributed by atoms with Crippen molar-refractivity contribution in [3.8, 4) is 0 Å². The van der Waals surface area contributed by atoms with E-state index in [0.717, 1.165) is 22.4 Å². The Bertz CT molecular complexity index is 904. The summed E-state index contributed by atoms with van der Waals surface area (Å²) in [5.74, 6) is -0.598. The summed E-state index contributed by atoms with van der Waals surface area (Å²) < 4.78 is 1.03. The minimum absolute atomic E-state index is 0.00585. The van der Waals surface area contributed by atoms with Crippen LogP contribution in [0.4, 0.5) is 5.69 Å². The van der Waals surface area contributed by atoms with Crippen LogP contribution in [0.1, 0.15) is 36.8 Å². The fourth-order valence-corrected chi connectivity index (χ4v) is 3.18. The van der Waals surface area contributed by atoms with E-state index in [4.69, 9.17) is 0 Å². The molecule has 1 aromatic heterocycles. The molecule has 0 saturated heterocycles. The summed E-state index contributed by atoms with van der Waals surface area (Å²) in [4.78, 5) is 38.6. The van der Waals surface area contributed by atoms with Gasteiger partial charge in [0, 0.05) is 23.8 Å². The molecule has 0 aliphatic carbocycles. The van der Waals surface area contributed by atoms with E-state index < -0.39 is 5.56 Å². The highest BCUT2D eigenvalue weighted by molar-refractivity contribution is 6.06. The van der Waals surface area contributed by atoms with Crippen LogP contribution in [0.15, 0.2) is 41.2 Å². The van der Waals surface area contributed by atoms with E-state index in [1.807, 2.05) is 45.0 Å². The lowest BCUT2D eigenvalue weighted by molar-refractivity contribution is -0.122. The van der Waals surface area contributed by atoms with E-state index in [1.54, 1.807) is 4.90 Å². The monoisotopic (exact) mass is 354 g/mol. The molecule has 26 heavy (non-hydrogen) atoms. The van der Waals surface area contributed by atoms with Crippen LogP contribution in [0.5, 0.6) is 0 Å². The van der Waals surface area contributed by atoms with Crippen LogP contribution in [0, 0.1) is 0 Å². The molecule has 0 bridgehead atoms. The molecule has 3 rings (SSSR count). The summed E-state index contributed by atoms with van der Waals surface area (Å²) in [5.41, 5.74) is 1.70. The van der Waals surface area contributed by atoms with E-state index in [0.29, 0.717) is 0 Å². The van der Waals surface area contributed by atoms with Crippen LogP contribution in [-0.4, -0.2) is 33.7 Å². The van der Waals surface area contributed by atoms with Crippen LogP contribution in [0.2, 0.25) is 0 Å². The predicted octanol–water partition coefficient (Wildman–Crippen LogP) is 1.36. The predicted molar refractivity (Wildman–Crippen MR) is 98.2 cm³/mol. The highest BCUT2D eigenvalue weighted by atomic mass is 16.2. The number of carbonyl (C=O) groups is 2. The number of carbonyl (C=O) groups excluding carboxylic acids is 2. The van der Waals surface area contributed by atoms with Gasteiger partial charge in [0.25, 0.3) is 11.5 Å². The Labute approximate surface area is 151 Å². The largest absolute Gasteiger partial charge is 0.352 e. The molecule has 7 nitrogen and oxygen atoms in total. The Balaban J connectivity index is 1.88. The quantitative estimate of drug-likeness (QED) is 0.898. The molecular weight excluding hydrogens is 332 g/mol. The zero-order valence-electron chi connectivity index (χ0n) is 15.1. The molecule has 0 unspecified atom stereocenters. The van der Waals surface area contributed by atoms with Gasteiger partial charge in [0.2, 0.25) is 5.91 Å². The summed E-state index contributed by atoms with van der Waals surface area (Å²) in [6.07, 6.45) is 0.776. The molecule has 0 fully saturated rings. The second-order valence-corrected chi connectivity index (χ2v) is 6.79. The molecular formula is C19H22N4O3. The Morgan fingerprint density at radius 1 is 1.23 bits per heavy atom. The third kappa shape index (κ3) is 3.51. The van der Waals surface area contributed by atoms with E-state index in [9.17, 15) is 14.4 Å². The fourth-order valence-electron chi connectivity index (χ4n) is 3.18. The van der Waals surface area contributed by atoms with Crippen molar-refractivity contribution in [2.24, 2.45) is 0 Å². The van der Waals surface area contributed by atoms with Crippen molar-refractivity contribution in [1.82, 2.24) is 15.1 Å². The van der Waals surface area contributed by atoms with Crippen molar-refractivity contribution < 1.29 is 9.59 Å². The highest BCUT2D eigenvalue weighted by Crippen LogP contribution is 2.32. The maximum Gasteiger partial charge on any atom is 0.278 e. The summed E-state index contributed by atoms with van der Waals surface area (Å²) in [6, 6.07) is 10.4. The summed E-state index contributed by atoms with van der Waals surface area (Å²) in [6.45, 7) is 5.43. The third-order valence-electron chi connectivity index (χ3n) is 4.25. The number of aromatic nitrogens is 2. The minimum Gasteiger partial charge on any atom is -0.352 e. The summed E-state index contributed by atoms with van der Waals surface area (Å²) in [7, 11) is 0. The number of benzene rings is 1. The van der Waals surface area contributed by atoms with Crippen LogP contribution in [-0.2, 0) is 17.8 Å². The van der Waals surface area contributed by atoms with Crippen molar-refractivity contribution in [1.29, 1.82) is 0 Å². The average Bonchev–Trinajstić information content (AvgIpc) is 2.91. The Kier molecular flexibility index (Phi) is 4.88. The number of para-hydroxylation sites is 1.